The molecule has 2 rings (SSSR count). The van der Waals surface area contributed by atoms with Crippen molar-refractivity contribution in [3.8, 4) is 0 Å². The van der Waals surface area contributed by atoms with Gasteiger partial charge < -0.3 is 10.4 Å². The lowest BCUT2D eigenvalue weighted by Gasteiger charge is -2.09. The lowest BCUT2D eigenvalue weighted by Crippen LogP contribution is -2.27. The van der Waals surface area contributed by atoms with Crippen LogP contribution in [0.4, 0.5) is 5.82 Å². The number of nitrogens with zero attached hydrogens (tertiary/aromatic N) is 2. The molecule has 1 atom stereocenters. The van der Waals surface area contributed by atoms with Crippen LogP contribution in [0.1, 0.15) is 28.5 Å². The van der Waals surface area contributed by atoms with E-state index in [2.05, 4.69) is 20.5 Å². The molecule has 0 aliphatic rings. The van der Waals surface area contributed by atoms with Crippen LogP contribution in [0.5, 0.6) is 0 Å². The molecule has 0 aromatic carbocycles. The Balaban J connectivity index is 2.20. The molecule has 0 bridgehead atoms. The van der Waals surface area contributed by atoms with Crippen LogP contribution in [-0.4, -0.2) is 31.2 Å². The molecule has 100 valence electrons. The summed E-state index contributed by atoms with van der Waals surface area (Å²) in [6.45, 7) is 1.69. The standard InChI is InChI=1S/C9H9N5O4S/c1-3(7-11-4(2-19-7)8(16)17)10-5-6(15)12-9(18)14-13-5/h2-3H,1H3,(H,10,13)(H,16,17)(H2,12,14,15,18). The van der Waals surface area contributed by atoms with E-state index in [1.54, 1.807) is 6.92 Å². The van der Waals surface area contributed by atoms with E-state index < -0.39 is 23.3 Å². The average Bonchev–Trinajstić information content (AvgIpc) is 2.82. The SMILES string of the molecule is CC(Nc1n[nH]c(=O)[nH]c1=O)c1nc(C(=O)O)cs1. The Morgan fingerprint density at radius 3 is 2.84 bits per heavy atom. The largest absolute Gasteiger partial charge is 0.476 e. The van der Waals surface area contributed by atoms with E-state index in [0.29, 0.717) is 5.01 Å². The second-order valence-corrected chi connectivity index (χ2v) is 4.49. The van der Waals surface area contributed by atoms with E-state index in [1.807, 2.05) is 4.98 Å². The topological polar surface area (TPSA) is 141 Å². The van der Waals surface area contributed by atoms with Crippen molar-refractivity contribution in [1.82, 2.24) is 20.2 Å². The predicted molar refractivity (Wildman–Crippen MR) is 66.6 cm³/mol. The normalized spacial score (nSPS) is 12.1. The van der Waals surface area contributed by atoms with E-state index in [1.165, 1.54) is 5.38 Å². The third-order valence-electron chi connectivity index (χ3n) is 2.18. The van der Waals surface area contributed by atoms with Gasteiger partial charge >= 0.3 is 11.7 Å². The van der Waals surface area contributed by atoms with Crippen LogP contribution >= 0.6 is 11.3 Å². The summed E-state index contributed by atoms with van der Waals surface area (Å²) in [4.78, 5) is 38.8. The molecule has 0 fully saturated rings. The van der Waals surface area contributed by atoms with Crippen LogP contribution < -0.4 is 16.6 Å². The molecule has 9 nitrogen and oxygen atoms in total. The van der Waals surface area contributed by atoms with Crippen molar-refractivity contribution < 1.29 is 9.90 Å². The Kier molecular flexibility index (Phi) is 3.42. The lowest BCUT2D eigenvalue weighted by atomic mass is 10.3. The monoisotopic (exact) mass is 283 g/mol. The summed E-state index contributed by atoms with van der Waals surface area (Å²) in [5.74, 6) is -1.19. The van der Waals surface area contributed by atoms with Crippen LogP contribution in [-0.2, 0) is 0 Å². The Morgan fingerprint density at radius 2 is 2.26 bits per heavy atom. The molecule has 0 saturated carbocycles. The first-order chi connectivity index (χ1) is 8.97. The summed E-state index contributed by atoms with van der Waals surface area (Å²) in [7, 11) is 0. The minimum absolute atomic E-state index is 0.0583. The van der Waals surface area contributed by atoms with Crippen molar-refractivity contribution in [3.05, 3.63) is 36.9 Å². The van der Waals surface area contributed by atoms with Crippen LogP contribution in [0.2, 0.25) is 0 Å². The van der Waals surface area contributed by atoms with E-state index in [9.17, 15) is 14.4 Å². The number of hydrogen-bond acceptors (Lipinski definition) is 7. The zero-order valence-corrected chi connectivity index (χ0v) is 10.4. The zero-order valence-electron chi connectivity index (χ0n) is 9.63. The van der Waals surface area contributed by atoms with Crippen LogP contribution in [0.3, 0.4) is 0 Å². The molecule has 2 heterocycles. The van der Waals surface area contributed by atoms with Gasteiger partial charge in [0, 0.05) is 5.38 Å². The summed E-state index contributed by atoms with van der Waals surface area (Å²) >= 11 is 1.15. The first-order valence-electron chi connectivity index (χ1n) is 5.11. The van der Waals surface area contributed by atoms with Gasteiger partial charge in [-0.1, -0.05) is 0 Å². The number of carboxylic acids is 1. The van der Waals surface area contributed by atoms with Gasteiger partial charge in [-0.15, -0.1) is 16.4 Å². The Hall–Kier alpha value is -2.49. The zero-order chi connectivity index (χ0) is 14.0. The molecule has 1 unspecified atom stereocenters. The first-order valence-corrected chi connectivity index (χ1v) is 5.99. The molecule has 10 heteroatoms. The Labute approximate surface area is 109 Å². The van der Waals surface area contributed by atoms with Gasteiger partial charge in [0.15, 0.2) is 5.69 Å². The molecule has 0 saturated heterocycles. The highest BCUT2D eigenvalue weighted by Crippen LogP contribution is 2.20. The number of anilines is 1. The van der Waals surface area contributed by atoms with Crippen molar-refractivity contribution in [2.75, 3.05) is 5.32 Å². The number of aromatic amines is 2. The number of carboxylic acid groups (broad SMARTS) is 1. The number of aromatic nitrogens is 4. The molecule has 0 radical (unpaired) electrons. The van der Waals surface area contributed by atoms with Crippen molar-refractivity contribution in [1.29, 1.82) is 0 Å². The third-order valence-corrected chi connectivity index (χ3v) is 3.20. The molecule has 0 spiro atoms. The molecule has 0 aliphatic carbocycles. The van der Waals surface area contributed by atoms with Gasteiger partial charge in [-0.3, -0.25) is 9.78 Å². The van der Waals surface area contributed by atoms with E-state index in [0.717, 1.165) is 11.3 Å². The van der Waals surface area contributed by atoms with Gasteiger partial charge in [-0.2, -0.15) is 0 Å². The number of nitrogens with one attached hydrogen (secondary N) is 3. The minimum Gasteiger partial charge on any atom is -0.476 e. The van der Waals surface area contributed by atoms with Gasteiger partial charge in [0.2, 0.25) is 5.82 Å². The summed E-state index contributed by atoms with van der Waals surface area (Å²) in [6.07, 6.45) is 0. The van der Waals surface area contributed by atoms with Crippen molar-refractivity contribution in [2.24, 2.45) is 0 Å². The minimum atomic E-state index is -1.12. The summed E-state index contributed by atoms with van der Waals surface area (Å²) in [6, 6.07) is -0.419. The van der Waals surface area contributed by atoms with Crippen LogP contribution in [0.15, 0.2) is 15.0 Å². The van der Waals surface area contributed by atoms with Gasteiger partial charge in [-0.25, -0.2) is 19.7 Å². The molecule has 4 N–H and O–H groups in total. The number of thiazole rings is 1. The third kappa shape index (κ3) is 2.85. The quantitative estimate of drug-likeness (QED) is 0.608. The fourth-order valence-corrected chi connectivity index (χ4v) is 2.10. The smallest absolute Gasteiger partial charge is 0.355 e. The number of H-pyrrole nitrogens is 2. The van der Waals surface area contributed by atoms with Crippen LogP contribution in [0, 0.1) is 0 Å². The Morgan fingerprint density at radius 1 is 1.53 bits per heavy atom. The summed E-state index contributed by atoms with van der Waals surface area (Å²) in [5.41, 5.74) is -1.42. The van der Waals surface area contributed by atoms with Gasteiger partial charge in [0.05, 0.1) is 6.04 Å². The second kappa shape index (κ2) is 5.02. The fraction of sp³-hybridized carbons (Fsp3) is 0.222. The van der Waals surface area contributed by atoms with Crippen molar-refractivity contribution >= 4 is 23.1 Å². The van der Waals surface area contributed by atoms with Gasteiger partial charge in [0.1, 0.15) is 5.01 Å². The molecule has 19 heavy (non-hydrogen) atoms. The summed E-state index contributed by atoms with van der Waals surface area (Å²) < 4.78 is 0. The molecular formula is C9H9N5O4S. The van der Waals surface area contributed by atoms with E-state index in [4.69, 9.17) is 5.11 Å². The van der Waals surface area contributed by atoms with Crippen LogP contribution in [0.25, 0.3) is 0 Å². The lowest BCUT2D eigenvalue weighted by molar-refractivity contribution is 0.0691. The van der Waals surface area contributed by atoms with E-state index in [-0.39, 0.29) is 11.5 Å². The summed E-state index contributed by atoms with van der Waals surface area (Å²) in [5, 5.41) is 19.0. The highest BCUT2D eigenvalue weighted by molar-refractivity contribution is 7.09. The highest BCUT2D eigenvalue weighted by Gasteiger charge is 2.15. The fourth-order valence-electron chi connectivity index (χ4n) is 1.30. The first kappa shape index (κ1) is 13.0. The number of aromatic carboxylic acids is 1. The number of carbonyl (C=O) groups is 1. The molecule has 0 amide bonds. The number of rotatable bonds is 4. The van der Waals surface area contributed by atoms with Gasteiger partial charge in [0.25, 0.3) is 5.56 Å². The number of hydrogen-bond donors (Lipinski definition) is 4. The maximum Gasteiger partial charge on any atom is 0.355 e. The molecule has 2 aromatic rings. The maximum absolute atomic E-state index is 11.4. The van der Waals surface area contributed by atoms with Crippen molar-refractivity contribution in [3.63, 3.8) is 0 Å². The molecular weight excluding hydrogens is 274 g/mol. The predicted octanol–water partition coefficient (Wildman–Crippen LogP) is -0.214. The molecule has 0 aliphatic heterocycles. The highest BCUT2D eigenvalue weighted by atomic mass is 32.1. The van der Waals surface area contributed by atoms with Gasteiger partial charge in [-0.05, 0) is 6.92 Å². The second-order valence-electron chi connectivity index (χ2n) is 3.60. The van der Waals surface area contributed by atoms with E-state index >= 15 is 0 Å². The van der Waals surface area contributed by atoms with Crippen molar-refractivity contribution in [2.45, 2.75) is 13.0 Å². The average molecular weight is 283 g/mol. The Bertz CT molecular complexity index is 718. The molecule has 2 aromatic heterocycles. The maximum atomic E-state index is 11.4.